The van der Waals surface area contributed by atoms with E-state index in [4.69, 9.17) is 21.7 Å². The Morgan fingerprint density at radius 3 is 1.43 bits per heavy atom. The Morgan fingerprint density at radius 2 is 1.05 bits per heavy atom. The first kappa shape index (κ1) is 37.7. The molecule has 0 saturated carbocycles. The number of amides is 5. The Balaban J connectivity index is 5.98. The standard InChI is InChI=1S/C25H42N6O11/c1-11(2)9-16(30-22(38)14(5-7-18(33)34)28-21(37)13(26)10-17(27)32)24(40)29-15(6-8-19(35)36)23(39)31-20(12(3)4)25(41)42/h11-16,20H,5-10,26H2,1-4H3,(H2,27,32)(H,28,37)(H,29,40)(H,30,38)(H,31,39)(H,33,34)(H,35,36)(H,41,42)/t13-,14-,15-,16-,20-/m0/s1. The van der Waals surface area contributed by atoms with Crippen molar-refractivity contribution in [2.45, 2.75) is 96.4 Å². The molecule has 0 fully saturated rings. The van der Waals surface area contributed by atoms with Crippen molar-refractivity contribution in [3.63, 3.8) is 0 Å². The summed E-state index contributed by atoms with van der Waals surface area (Å²) in [5.41, 5.74) is 10.6. The second-order valence-electron chi connectivity index (χ2n) is 10.5. The van der Waals surface area contributed by atoms with Crippen molar-refractivity contribution in [1.82, 2.24) is 21.3 Å². The third-order valence-corrected chi connectivity index (χ3v) is 5.89. The summed E-state index contributed by atoms with van der Waals surface area (Å²) in [5, 5.41) is 36.8. The smallest absolute Gasteiger partial charge is 0.326 e. The van der Waals surface area contributed by atoms with E-state index in [1.807, 2.05) is 0 Å². The molecule has 0 radical (unpaired) electrons. The molecule has 42 heavy (non-hydrogen) atoms. The van der Waals surface area contributed by atoms with E-state index in [2.05, 4.69) is 21.3 Å². The zero-order chi connectivity index (χ0) is 32.7. The molecule has 5 amide bonds. The van der Waals surface area contributed by atoms with Crippen LogP contribution in [0, 0.1) is 11.8 Å². The van der Waals surface area contributed by atoms with E-state index < -0.39 is 116 Å². The number of hydrogen-bond acceptors (Lipinski definition) is 9. The van der Waals surface area contributed by atoms with Gasteiger partial charge in [-0.3, -0.25) is 33.6 Å². The molecule has 17 heteroatoms. The van der Waals surface area contributed by atoms with Gasteiger partial charge in [-0.25, -0.2) is 4.79 Å². The number of carboxylic acids is 3. The van der Waals surface area contributed by atoms with Crippen LogP contribution >= 0.6 is 0 Å². The molecule has 0 aromatic heterocycles. The zero-order valence-corrected chi connectivity index (χ0v) is 24.0. The molecule has 0 aliphatic rings. The quantitative estimate of drug-likeness (QED) is 0.0707. The average Bonchev–Trinajstić information content (AvgIpc) is 2.85. The van der Waals surface area contributed by atoms with Gasteiger partial charge in [0.1, 0.15) is 24.2 Å². The van der Waals surface area contributed by atoms with Crippen molar-refractivity contribution >= 4 is 47.4 Å². The SMILES string of the molecule is CC(C)C[C@H](NC(=O)[C@H](CCC(=O)O)NC(=O)[C@@H](N)CC(N)=O)C(=O)N[C@@H](CCC(=O)O)C(=O)N[C@H](C(=O)O)C(C)C. The lowest BCUT2D eigenvalue weighted by Crippen LogP contribution is -2.59. The maximum atomic E-state index is 13.2. The van der Waals surface area contributed by atoms with Gasteiger partial charge in [-0.15, -0.1) is 0 Å². The molecule has 0 unspecified atom stereocenters. The predicted octanol–water partition coefficient (Wildman–Crippen LogP) is -2.36. The highest BCUT2D eigenvalue weighted by Crippen LogP contribution is 2.10. The summed E-state index contributed by atoms with van der Waals surface area (Å²) < 4.78 is 0. The summed E-state index contributed by atoms with van der Waals surface area (Å²) >= 11 is 0. The van der Waals surface area contributed by atoms with Gasteiger partial charge in [0.2, 0.25) is 29.5 Å². The maximum Gasteiger partial charge on any atom is 0.326 e. The topological polar surface area (TPSA) is 297 Å². The molecular formula is C25H42N6O11. The fourth-order valence-corrected chi connectivity index (χ4v) is 3.68. The van der Waals surface area contributed by atoms with Crippen LogP contribution < -0.4 is 32.7 Å². The number of aliphatic carboxylic acids is 3. The van der Waals surface area contributed by atoms with E-state index in [1.165, 1.54) is 0 Å². The Bertz CT molecular complexity index is 1020. The molecule has 0 aliphatic heterocycles. The van der Waals surface area contributed by atoms with Crippen molar-refractivity contribution in [2.24, 2.45) is 23.3 Å². The molecule has 5 atom stereocenters. The van der Waals surface area contributed by atoms with Crippen LogP contribution in [0.15, 0.2) is 0 Å². The molecule has 0 bridgehead atoms. The minimum absolute atomic E-state index is 0.00930. The number of carbonyl (C=O) groups excluding carboxylic acids is 5. The van der Waals surface area contributed by atoms with Gasteiger partial charge in [0, 0.05) is 12.8 Å². The number of carbonyl (C=O) groups is 8. The first-order valence-electron chi connectivity index (χ1n) is 13.3. The van der Waals surface area contributed by atoms with Gasteiger partial charge in [-0.05, 0) is 31.1 Å². The van der Waals surface area contributed by atoms with E-state index in [1.54, 1.807) is 27.7 Å². The number of rotatable bonds is 20. The van der Waals surface area contributed by atoms with E-state index in [9.17, 15) is 43.5 Å². The van der Waals surface area contributed by atoms with Crippen LogP contribution in [0.5, 0.6) is 0 Å². The molecule has 0 saturated heterocycles. The fourth-order valence-electron chi connectivity index (χ4n) is 3.68. The predicted molar refractivity (Wildman–Crippen MR) is 145 cm³/mol. The van der Waals surface area contributed by atoms with Crippen LogP contribution in [0.25, 0.3) is 0 Å². The lowest BCUT2D eigenvalue weighted by atomic mass is 10.0. The van der Waals surface area contributed by atoms with Crippen molar-refractivity contribution in [1.29, 1.82) is 0 Å². The number of primary amides is 1. The zero-order valence-electron chi connectivity index (χ0n) is 24.0. The molecule has 17 nitrogen and oxygen atoms in total. The molecular weight excluding hydrogens is 560 g/mol. The fraction of sp³-hybridized carbons (Fsp3) is 0.680. The van der Waals surface area contributed by atoms with E-state index >= 15 is 0 Å². The van der Waals surface area contributed by atoms with Gasteiger partial charge in [-0.2, -0.15) is 0 Å². The third-order valence-electron chi connectivity index (χ3n) is 5.89. The Morgan fingerprint density at radius 1 is 0.643 bits per heavy atom. The minimum atomic E-state index is -1.48. The second kappa shape index (κ2) is 18.2. The van der Waals surface area contributed by atoms with Crippen LogP contribution in [0.3, 0.4) is 0 Å². The van der Waals surface area contributed by atoms with Crippen LogP contribution in [-0.4, -0.2) is 93.0 Å². The minimum Gasteiger partial charge on any atom is -0.481 e. The van der Waals surface area contributed by atoms with Crippen molar-refractivity contribution < 1.29 is 53.7 Å². The Labute approximate surface area is 242 Å². The highest BCUT2D eigenvalue weighted by atomic mass is 16.4. The molecule has 0 aliphatic carbocycles. The van der Waals surface area contributed by atoms with Gasteiger partial charge < -0.3 is 48.1 Å². The van der Waals surface area contributed by atoms with Gasteiger partial charge in [-0.1, -0.05) is 27.7 Å². The molecule has 11 N–H and O–H groups in total. The van der Waals surface area contributed by atoms with E-state index in [0.29, 0.717) is 0 Å². The number of carboxylic acid groups (broad SMARTS) is 3. The molecule has 238 valence electrons. The van der Waals surface area contributed by atoms with Gasteiger partial charge in [0.25, 0.3) is 0 Å². The van der Waals surface area contributed by atoms with Crippen LogP contribution in [0.2, 0.25) is 0 Å². The number of nitrogens with two attached hydrogens (primary N) is 2. The molecule has 0 aromatic rings. The summed E-state index contributed by atoms with van der Waals surface area (Å²) in [6.45, 7) is 6.51. The largest absolute Gasteiger partial charge is 0.481 e. The van der Waals surface area contributed by atoms with Crippen molar-refractivity contribution in [2.75, 3.05) is 0 Å². The first-order chi connectivity index (χ1) is 19.3. The van der Waals surface area contributed by atoms with Crippen LogP contribution in [0.1, 0.15) is 66.2 Å². The Hall–Kier alpha value is -4.28. The van der Waals surface area contributed by atoms with Gasteiger partial charge in [0.05, 0.1) is 12.5 Å². The lowest BCUT2D eigenvalue weighted by Gasteiger charge is -2.27. The van der Waals surface area contributed by atoms with Gasteiger partial charge in [0.15, 0.2) is 0 Å². The summed E-state index contributed by atoms with van der Waals surface area (Å²) in [6.07, 6.45) is -2.43. The lowest BCUT2D eigenvalue weighted by molar-refractivity contribution is -0.144. The summed E-state index contributed by atoms with van der Waals surface area (Å²) in [7, 11) is 0. The van der Waals surface area contributed by atoms with Crippen molar-refractivity contribution in [3.8, 4) is 0 Å². The molecule has 0 heterocycles. The van der Waals surface area contributed by atoms with Gasteiger partial charge >= 0.3 is 17.9 Å². The normalized spacial score (nSPS) is 14.5. The number of hydrogen-bond donors (Lipinski definition) is 9. The Kier molecular flexibility index (Phi) is 16.4. The summed E-state index contributed by atoms with van der Waals surface area (Å²) in [4.78, 5) is 96.5. The van der Waals surface area contributed by atoms with Crippen molar-refractivity contribution in [3.05, 3.63) is 0 Å². The molecule has 0 spiro atoms. The highest BCUT2D eigenvalue weighted by Gasteiger charge is 2.33. The second-order valence-corrected chi connectivity index (χ2v) is 10.5. The monoisotopic (exact) mass is 602 g/mol. The van der Waals surface area contributed by atoms with Crippen LogP contribution in [0.4, 0.5) is 0 Å². The first-order valence-corrected chi connectivity index (χ1v) is 13.3. The number of nitrogens with one attached hydrogen (secondary N) is 4. The average molecular weight is 603 g/mol. The highest BCUT2D eigenvalue weighted by molar-refractivity contribution is 5.96. The molecule has 0 aromatic carbocycles. The maximum absolute atomic E-state index is 13.2. The summed E-state index contributed by atoms with van der Waals surface area (Å²) in [6, 6.07) is -7.04. The van der Waals surface area contributed by atoms with E-state index in [0.717, 1.165) is 0 Å². The molecule has 0 rings (SSSR count). The third kappa shape index (κ3) is 14.9. The van der Waals surface area contributed by atoms with Crippen LogP contribution in [-0.2, 0) is 38.4 Å². The summed E-state index contributed by atoms with van der Waals surface area (Å²) in [5.74, 6) is -9.32. The van der Waals surface area contributed by atoms with E-state index in [-0.39, 0.29) is 12.3 Å².